The normalized spacial score (nSPS) is 12.6. The first kappa shape index (κ1) is 12.7. The molecule has 1 rings (SSSR count). The van der Waals surface area contributed by atoms with Crippen LogP contribution in [0, 0.1) is 5.92 Å². The average molecular weight is 228 g/mol. The molecule has 0 spiro atoms. The average Bonchev–Trinajstić information content (AvgIpc) is 2.67. The molecular formula is C10H16N2O4. The number of hydrogen-bond donors (Lipinski definition) is 2. The van der Waals surface area contributed by atoms with Crippen molar-refractivity contribution in [3.05, 3.63) is 17.5 Å². The van der Waals surface area contributed by atoms with Gasteiger partial charge in [0, 0.05) is 26.3 Å². The molecule has 1 aromatic rings. The Morgan fingerprint density at radius 2 is 2.50 bits per heavy atom. The zero-order valence-electron chi connectivity index (χ0n) is 9.40. The van der Waals surface area contributed by atoms with Crippen LogP contribution in [0.1, 0.15) is 23.2 Å². The number of carbonyl (C=O) groups is 1. The molecule has 1 atom stereocenters. The Morgan fingerprint density at radius 1 is 1.75 bits per heavy atom. The van der Waals surface area contributed by atoms with E-state index in [0.29, 0.717) is 24.8 Å². The van der Waals surface area contributed by atoms with Crippen LogP contribution in [0.25, 0.3) is 0 Å². The molecule has 2 N–H and O–H groups in total. The monoisotopic (exact) mass is 228 g/mol. The summed E-state index contributed by atoms with van der Waals surface area (Å²) in [6, 6.07) is 1.41. The zero-order valence-corrected chi connectivity index (χ0v) is 9.40. The molecule has 0 fully saturated rings. The molecule has 0 bridgehead atoms. The van der Waals surface area contributed by atoms with Crippen LogP contribution >= 0.6 is 0 Å². The minimum atomic E-state index is -1.08. The number of aromatic carboxylic acids is 1. The fourth-order valence-electron chi connectivity index (χ4n) is 1.28. The number of carboxylic acid groups (broad SMARTS) is 1. The molecule has 16 heavy (non-hydrogen) atoms. The Hall–Kier alpha value is -1.40. The number of methoxy groups -OCH3 is 1. The number of ether oxygens (including phenoxy) is 1. The molecule has 0 aliphatic heterocycles. The smallest absolute Gasteiger partial charge is 0.358 e. The van der Waals surface area contributed by atoms with E-state index in [1.165, 1.54) is 6.07 Å². The predicted octanol–water partition coefficient (Wildman–Crippen LogP) is 0.745. The van der Waals surface area contributed by atoms with Gasteiger partial charge in [0.25, 0.3) is 0 Å². The van der Waals surface area contributed by atoms with Crippen molar-refractivity contribution in [2.24, 2.45) is 5.92 Å². The SMILES string of the molecule is COCC(C)CNCc1cc(C(=O)O)no1. The van der Waals surface area contributed by atoms with Crippen LogP contribution in [0.5, 0.6) is 0 Å². The molecular weight excluding hydrogens is 212 g/mol. The van der Waals surface area contributed by atoms with Gasteiger partial charge in [0.2, 0.25) is 0 Å². The van der Waals surface area contributed by atoms with Gasteiger partial charge in [-0.25, -0.2) is 4.79 Å². The van der Waals surface area contributed by atoms with Crippen LogP contribution < -0.4 is 5.32 Å². The Morgan fingerprint density at radius 3 is 3.06 bits per heavy atom. The van der Waals surface area contributed by atoms with E-state index in [-0.39, 0.29) is 5.69 Å². The van der Waals surface area contributed by atoms with Crippen molar-refractivity contribution >= 4 is 5.97 Å². The molecule has 0 amide bonds. The lowest BCUT2D eigenvalue weighted by molar-refractivity contribution is 0.0685. The summed E-state index contributed by atoms with van der Waals surface area (Å²) in [6.07, 6.45) is 0. The first-order chi connectivity index (χ1) is 7.63. The molecule has 0 aliphatic rings. The van der Waals surface area contributed by atoms with Gasteiger partial charge in [-0.2, -0.15) is 0 Å². The number of carboxylic acids is 1. The summed E-state index contributed by atoms with van der Waals surface area (Å²) >= 11 is 0. The summed E-state index contributed by atoms with van der Waals surface area (Å²) in [5, 5.41) is 15.2. The lowest BCUT2D eigenvalue weighted by atomic mass is 10.2. The lowest BCUT2D eigenvalue weighted by Crippen LogP contribution is -2.23. The van der Waals surface area contributed by atoms with E-state index in [9.17, 15) is 4.79 Å². The van der Waals surface area contributed by atoms with Crippen LogP contribution in [-0.4, -0.2) is 36.5 Å². The summed E-state index contributed by atoms with van der Waals surface area (Å²) in [5.74, 6) is -0.170. The van der Waals surface area contributed by atoms with Crippen molar-refractivity contribution in [1.29, 1.82) is 0 Å². The van der Waals surface area contributed by atoms with Crippen molar-refractivity contribution in [1.82, 2.24) is 10.5 Å². The van der Waals surface area contributed by atoms with Crippen LogP contribution in [-0.2, 0) is 11.3 Å². The molecule has 0 saturated heterocycles. The van der Waals surface area contributed by atoms with E-state index < -0.39 is 5.97 Å². The molecule has 0 aromatic carbocycles. The van der Waals surface area contributed by atoms with Gasteiger partial charge in [0.05, 0.1) is 6.54 Å². The fourth-order valence-corrected chi connectivity index (χ4v) is 1.28. The zero-order chi connectivity index (χ0) is 12.0. The van der Waals surface area contributed by atoms with E-state index in [2.05, 4.69) is 17.4 Å². The van der Waals surface area contributed by atoms with Gasteiger partial charge in [-0.1, -0.05) is 12.1 Å². The van der Waals surface area contributed by atoms with Crippen molar-refractivity contribution in [2.45, 2.75) is 13.5 Å². The first-order valence-corrected chi connectivity index (χ1v) is 5.02. The summed E-state index contributed by atoms with van der Waals surface area (Å²) in [4.78, 5) is 10.5. The molecule has 0 saturated carbocycles. The number of hydrogen-bond acceptors (Lipinski definition) is 5. The Kier molecular flexibility index (Phi) is 4.94. The second-order valence-corrected chi connectivity index (χ2v) is 3.68. The topological polar surface area (TPSA) is 84.6 Å². The fraction of sp³-hybridized carbons (Fsp3) is 0.600. The van der Waals surface area contributed by atoms with E-state index in [1.807, 2.05) is 0 Å². The van der Waals surface area contributed by atoms with Gasteiger partial charge in [-0.05, 0) is 5.92 Å². The third kappa shape index (κ3) is 4.00. The third-order valence-electron chi connectivity index (χ3n) is 2.02. The van der Waals surface area contributed by atoms with Crippen LogP contribution in [0.15, 0.2) is 10.6 Å². The second-order valence-electron chi connectivity index (χ2n) is 3.68. The standard InChI is InChI=1S/C10H16N2O4/c1-7(6-15-2)4-11-5-8-3-9(10(13)14)12-16-8/h3,7,11H,4-6H2,1-2H3,(H,13,14). The largest absolute Gasteiger partial charge is 0.476 e. The first-order valence-electron chi connectivity index (χ1n) is 5.02. The molecule has 1 unspecified atom stereocenters. The molecule has 0 radical (unpaired) electrons. The number of nitrogens with zero attached hydrogens (tertiary/aromatic N) is 1. The van der Waals surface area contributed by atoms with Gasteiger partial charge in [0.15, 0.2) is 11.5 Å². The minimum absolute atomic E-state index is 0.0678. The van der Waals surface area contributed by atoms with Gasteiger partial charge in [-0.3, -0.25) is 0 Å². The van der Waals surface area contributed by atoms with Crippen LogP contribution in [0.3, 0.4) is 0 Å². The maximum Gasteiger partial charge on any atom is 0.358 e. The summed E-state index contributed by atoms with van der Waals surface area (Å²) in [7, 11) is 1.66. The van der Waals surface area contributed by atoms with Crippen LogP contribution in [0.2, 0.25) is 0 Å². The predicted molar refractivity (Wildman–Crippen MR) is 56.2 cm³/mol. The van der Waals surface area contributed by atoms with E-state index >= 15 is 0 Å². The highest BCUT2D eigenvalue weighted by Crippen LogP contribution is 2.03. The van der Waals surface area contributed by atoms with Crippen molar-refractivity contribution in [2.75, 3.05) is 20.3 Å². The number of aromatic nitrogens is 1. The second kappa shape index (κ2) is 6.24. The van der Waals surface area contributed by atoms with Gasteiger partial charge < -0.3 is 19.7 Å². The molecule has 6 heteroatoms. The quantitative estimate of drug-likeness (QED) is 0.716. The number of nitrogens with one attached hydrogen (secondary N) is 1. The highest BCUT2D eigenvalue weighted by molar-refractivity contribution is 5.85. The lowest BCUT2D eigenvalue weighted by Gasteiger charge is -2.09. The van der Waals surface area contributed by atoms with Gasteiger partial charge >= 0.3 is 5.97 Å². The van der Waals surface area contributed by atoms with Crippen molar-refractivity contribution in [3.8, 4) is 0 Å². The maximum atomic E-state index is 10.5. The van der Waals surface area contributed by atoms with Crippen LogP contribution in [0.4, 0.5) is 0 Å². The third-order valence-corrected chi connectivity index (χ3v) is 2.02. The molecule has 1 aromatic heterocycles. The highest BCUT2D eigenvalue weighted by atomic mass is 16.5. The van der Waals surface area contributed by atoms with Gasteiger partial charge in [0.1, 0.15) is 0 Å². The van der Waals surface area contributed by atoms with Crippen molar-refractivity contribution < 1.29 is 19.2 Å². The Balaban J connectivity index is 2.29. The molecule has 6 nitrogen and oxygen atoms in total. The van der Waals surface area contributed by atoms with E-state index in [4.69, 9.17) is 14.4 Å². The highest BCUT2D eigenvalue weighted by Gasteiger charge is 2.10. The number of rotatable bonds is 7. The molecule has 90 valence electrons. The maximum absolute atomic E-state index is 10.5. The molecule has 0 aliphatic carbocycles. The van der Waals surface area contributed by atoms with E-state index in [1.54, 1.807) is 7.11 Å². The summed E-state index contributed by atoms with van der Waals surface area (Å²) < 4.78 is 9.83. The van der Waals surface area contributed by atoms with Gasteiger partial charge in [-0.15, -0.1) is 0 Å². The van der Waals surface area contributed by atoms with E-state index in [0.717, 1.165) is 6.54 Å². The minimum Gasteiger partial charge on any atom is -0.476 e. The summed E-state index contributed by atoms with van der Waals surface area (Å²) in [5.41, 5.74) is -0.0678. The van der Waals surface area contributed by atoms with Crippen molar-refractivity contribution in [3.63, 3.8) is 0 Å². The Bertz CT molecular complexity index is 337. The summed E-state index contributed by atoms with van der Waals surface area (Å²) in [6.45, 7) is 3.98. The molecule has 1 heterocycles. The Labute approximate surface area is 93.6 Å².